The van der Waals surface area contributed by atoms with E-state index in [1.54, 1.807) is 0 Å². The summed E-state index contributed by atoms with van der Waals surface area (Å²) in [7, 11) is 0. The summed E-state index contributed by atoms with van der Waals surface area (Å²) in [6.45, 7) is 5.77. The van der Waals surface area contributed by atoms with Gasteiger partial charge in [-0.1, -0.05) is 75.4 Å². The molecule has 0 aliphatic rings. The molecule has 0 aliphatic heterocycles. The lowest BCUT2D eigenvalue weighted by Crippen LogP contribution is -2.08. The molecule has 0 fully saturated rings. The topological polar surface area (TPSA) is 39.2 Å². The van der Waals surface area contributed by atoms with Gasteiger partial charge in [0.1, 0.15) is 22.3 Å². The lowest BCUT2D eigenvalue weighted by atomic mass is 9.87. The lowest BCUT2D eigenvalue weighted by Gasteiger charge is -2.18. The first-order valence-electron chi connectivity index (χ1n) is 13.5. The van der Waals surface area contributed by atoms with Crippen molar-refractivity contribution in [1.82, 2.24) is 4.98 Å². The standard InChI is InChI=1S/C34H27NO2/c1-34(2,3)20-21-11-13-22(14-12-21)23-15-16-35-29(17-23)26-9-6-8-25-28-19-31-27(18-32(28)37-33(25)26)24-7-4-5-10-30(24)36-31/h4-19H,20H2,1-3H3/i20D2. The maximum absolute atomic E-state index is 8.58. The van der Waals surface area contributed by atoms with E-state index in [0.29, 0.717) is 5.56 Å². The van der Waals surface area contributed by atoms with Crippen LogP contribution in [0, 0.1) is 5.41 Å². The third-order valence-electron chi connectivity index (χ3n) is 6.77. The Hall–Kier alpha value is -4.37. The second-order valence-corrected chi connectivity index (χ2v) is 10.6. The second kappa shape index (κ2) is 8.07. The molecule has 0 aliphatic carbocycles. The Labute approximate surface area is 218 Å². The van der Waals surface area contributed by atoms with Gasteiger partial charge >= 0.3 is 0 Å². The van der Waals surface area contributed by atoms with Crippen LogP contribution in [0.25, 0.3) is 66.3 Å². The van der Waals surface area contributed by atoms with Gasteiger partial charge in [-0.2, -0.15) is 0 Å². The predicted molar refractivity (Wildman–Crippen MR) is 153 cm³/mol. The predicted octanol–water partition coefficient (Wildman–Crippen LogP) is 9.80. The quantitative estimate of drug-likeness (QED) is 0.251. The van der Waals surface area contributed by atoms with Gasteiger partial charge in [0.25, 0.3) is 0 Å². The van der Waals surface area contributed by atoms with Gasteiger partial charge in [-0.15, -0.1) is 0 Å². The molecule has 0 radical (unpaired) electrons. The van der Waals surface area contributed by atoms with E-state index in [4.69, 9.17) is 16.6 Å². The molecule has 0 saturated carbocycles. The van der Waals surface area contributed by atoms with E-state index in [9.17, 15) is 0 Å². The molecule has 7 rings (SSSR count). The Kier molecular flexibility index (Phi) is 4.31. The average molecular weight is 484 g/mol. The highest BCUT2D eigenvalue weighted by Gasteiger charge is 2.17. The largest absolute Gasteiger partial charge is 0.456 e. The van der Waals surface area contributed by atoms with Crippen molar-refractivity contribution >= 4 is 43.9 Å². The van der Waals surface area contributed by atoms with Crippen molar-refractivity contribution in [3.8, 4) is 22.4 Å². The molecule has 4 aromatic carbocycles. The summed E-state index contributed by atoms with van der Waals surface area (Å²) in [5, 5.41) is 4.15. The summed E-state index contributed by atoms with van der Waals surface area (Å²) < 4.78 is 29.8. The minimum absolute atomic E-state index is 0.501. The van der Waals surface area contributed by atoms with Crippen molar-refractivity contribution in [2.45, 2.75) is 27.1 Å². The molecule has 0 N–H and O–H groups in total. The number of nitrogens with zero attached hydrogens (tertiary/aromatic N) is 1. The lowest BCUT2D eigenvalue weighted by molar-refractivity contribution is 0.411. The summed E-state index contributed by atoms with van der Waals surface area (Å²) in [6, 6.07) is 30.1. The molecule has 0 unspecified atom stereocenters. The van der Waals surface area contributed by atoms with Crippen LogP contribution in [0.1, 0.15) is 29.1 Å². The fraction of sp³-hybridized carbons (Fsp3) is 0.147. The van der Waals surface area contributed by atoms with Gasteiger partial charge in [0, 0.05) is 36.0 Å². The second-order valence-electron chi connectivity index (χ2n) is 10.6. The molecule has 37 heavy (non-hydrogen) atoms. The first-order chi connectivity index (χ1) is 18.7. The normalized spacial score (nSPS) is 13.5. The fourth-order valence-corrected chi connectivity index (χ4v) is 5.15. The third kappa shape index (κ3) is 3.79. The van der Waals surface area contributed by atoms with Crippen molar-refractivity contribution in [2.75, 3.05) is 0 Å². The number of furan rings is 2. The fourth-order valence-electron chi connectivity index (χ4n) is 5.15. The van der Waals surface area contributed by atoms with Crippen LogP contribution in [0.2, 0.25) is 0 Å². The van der Waals surface area contributed by atoms with Crippen LogP contribution < -0.4 is 0 Å². The number of hydrogen-bond acceptors (Lipinski definition) is 3. The first kappa shape index (κ1) is 19.8. The van der Waals surface area contributed by atoms with E-state index in [1.807, 2.05) is 87.6 Å². The van der Waals surface area contributed by atoms with Gasteiger partial charge in [0.05, 0.1) is 5.69 Å². The van der Waals surface area contributed by atoms with E-state index < -0.39 is 11.8 Å². The van der Waals surface area contributed by atoms with Crippen LogP contribution in [-0.4, -0.2) is 4.98 Å². The molecular weight excluding hydrogens is 454 g/mol. The Balaban J connectivity index is 1.32. The van der Waals surface area contributed by atoms with Gasteiger partial charge < -0.3 is 8.83 Å². The van der Waals surface area contributed by atoms with Crippen LogP contribution in [-0.2, 0) is 6.37 Å². The molecule has 0 amide bonds. The Bertz CT molecular complexity index is 2030. The zero-order valence-electron chi connectivity index (χ0n) is 23.0. The molecule has 0 atom stereocenters. The minimum Gasteiger partial charge on any atom is -0.456 e. The van der Waals surface area contributed by atoms with Crippen LogP contribution in [0.4, 0.5) is 0 Å². The number of rotatable bonds is 3. The van der Waals surface area contributed by atoms with E-state index in [-0.39, 0.29) is 0 Å². The molecule has 3 heterocycles. The van der Waals surface area contributed by atoms with Crippen molar-refractivity contribution in [1.29, 1.82) is 0 Å². The number of benzene rings is 4. The van der Waals surface area contributed by atoms with Crippen LogP contribution in [0.3, 0.4) is 0 Å². The molecule has 180 valence electrons. The van der Waals surface area contributed by atoms with Crippen LogP contribution in [0.5, 0.6) is 0 Å². The molecule has 3 nitrogen and oxygen atoms in total. The van der Waals surface area contributed by atoms with Crippen molar-refractivity contribution in [3.63, 3.8) is 0 Å². The molecule has 3 aromatic heterocycles. The summed E-state index contributed by atoms with van der Waals surface area (Å²) in [4.78, 5) is 4.69. The first-order valence-corrected chi connectivity index (χ1v) is 12.5. The van der Waals surface area contributed by atoms with Crippen molar-refractivity contribution in [3.05, 3.63) is 103 Å². The summed E-state index contributed by atoms with van der Waals surface area (Å²) in [5.74, 6) is 0. The third-order valence-corrected chi connectivity index (χ3v) is 6.77. The van der Waals surface area contributed by atoms with Crippen LogP contribution in [0.15, 0.2) is 106 Å². The van der Waals surface area contributed by atoms with E-state index >= 15 is 0 Å². The maximum Gasteiger partial charge on any atom is 0.144 e. The summed E-state index contributed by atoms with van der Waals surface area (Å²) in [6.07, 6.45) is 0.382. The highest BCUT2D eigenvalue weighted by molar-refractivity contribution is 6.16. The number of fused-ring (bicyclic) bond motifs is 6. The monoisotopic (exact) mass is 483 g/mol. The molecule has 7 aromatic rings. The summed E-state index contributed by atoms with van der Waals surface area (Å²) in [5.41, 5.74) is 7.27. The van der Waals surface area contributed by atoms with Crippen molar-refractivity contribution < 1.29 is 11.6 Å². The molecular formula is C34H27NO2. The highest BCUT2D eigenvalue weighted by atomic mass is 16.3. The molecule has 3 heteroatoms. The zero-order chi connectivity index (χ0) is 26.9. The van der Waals surface area contributed by atoms with Crippen LogP contribution >= 0.6 is 0 Å². The van der Waals surface area contributed by atoms with Crippen molar-refractivity contribution in [2.24, 2.45) is 5.41 Å². The number of aromatic nitrogens is 1. The van der Waals surface area contributed by atoms with Gasteiger partial charge in [-0.3, -0.25) is 4.98 Å². The van der Waals surface area contributed by atoms with Gasteiger partial charge in [0.15, 0.2) is 0 Å². The van der Waals surface area contributed by atoms with E-state index in [0.717, 1.165) is 66.3 Å². The van der Waals surface area contributed by atoms with E-state index in [1.165, 1.54) is 0 Å². The average Bonchev–Trinajstić information content (AvgIpc) is 3.48. The summed E-state index contributed by atoms with van der Waals surface area (Å²) >= 11 is 0. The van der Waals surface area contributed by atoms with Gasteiger partial charge in [-0.05, 0) is 64.9 Å². The Morgan fingerprint density at radius 2 is 1.41 bits per heavy atom. The van der Waals surface area contributed by atoms with Gasteiger partial charge in [-0.25, -0.2) is 0 Å². The maximum atomic E-state index is 8.58. The SMILES string of the molecule is [2H]C([2H])(c1ccc(-c2ccnc(-c3cccc4c3oc3cc5c(cc34)oc3ccccc35)c2)cc1)C(C)(C)C. The van der Waals surface area contributed by atoms with Gasteiger partial charge in [0.2, 0.25) is 0 Å². The number of pyridine rings is 1. The zero-order valence-corrected chi connectivity index (χ0v) is 21.0. The number of para-hydroxylation sites is 2. The smallest absolute Gasteiger partial charge is 0.144 e. The Morgan fingerprint density at radius 3 is 2.22 bits per heavy atom. The Morgan fingerprint density at radius 1 is 0.676 bits per heavy atom. The minimum atomic E-state index is -1.43. The molecule has 0 bridgehead atoms. The number of hydrogen-bond donors (Lipinski definition) is 0. The molecule has 0 saturated heterocycles. The molecule has 0 spiro atoms. The highest BCUT2D eigenvalue weighted by Crippen LogP contribution is 2.39. The van der Waals surface area contributed by atoms with E-state index in [2.05, 4.69) is 30.3 Å².